The molecule has 9 heteroatoms. The van der Waals surface area contributed by atoms with E-state index in [1.165, 1.54) is 4.57 Å². The minimum Gasteiger partial charge on any atom is -0.492 e. The number of hydrogen-bond acceptors (Lipinski definition) is 6. The number of ether oxygens (including phenoxy) is 1. The molecule has 34 heavy (non-hydrogen) atoms. The van der Waals surface area contributed by atoms with Crippen LogP contribution in [0.25, 0.3) is 10.9 Å². The smallest absolute Gasteiger partial charge is 0.274 e. The van der Waals surface area contributed by atoms with Gasteiger partial charge in [0.15, 0.2) is 0 Å². The highest BCUT2D eigenvalue weighted by molar-refractivity contribution is 6.32. The Bertz CT molecular complexity index is 1490. The van der Waals surface area contributed by atoms with Crippen LogP contribution in [0.15, 0.2) is 64.3 Å². The predicted molar refractivity (Wildman–Crippen MR) is 132 cm³/mol. The van der Waals surface area contributed by atoms with Gasteiger partial charge in [0.1, 0.15) is 23.2 Å². The van der Waals surface area contributed by atoms with Gasteiger partial charge in [0, 0.05) is 48.9 Å². The molecule has 4 aromatic rings. The molecule has 8 nitrogen and oxygen atoms in total. The third kappa shape index (κ3) is 5.11. The van der Waals surface area contributed by atoms with Crippen LogP contribution in [0.2, 0.25) is 5.02 Å². The van der Waals surface area contributed by atoms with Crippen LogP contribution < -0.4 is 21.2 Å². The number of aromatic nitrogens is 3. The second-order valence-electron chi connectivity index (χ2n) is 7.70. The summed E-state index contributed by atoms with van der Waals surface area (Å²) >= 11 is 6.41. The first-order valence-corrected chi connectivity index (χ1v) is 11.1. The standard InChI is InChI=1S/C25H22ClN5O3/c1-31-19(15-27)5-6-21(25(31)33)29-10-7-16-12-17-13-20(26)23(14-22(17)30-24(16)32)34-11-8-18-4-2-3-9-28-18/h2-6,9,12-14,29H,7-8,10-11H2,1H3,(H,30,32). The van der Waals surface area contributed by atoms with Crippen molar-refractivity contribution < 1.29 is 4.74 Å². The molecule has 3 heterocycles. The van der Waals surface area contributed by atoms with Gasteiger partial charge in [-0.05, 0) is 42.8 Å². The van der Waals surface area contributed by atoms with Crippen LogP contribution in [0.5, 0.6) is 5.75 Å². The molecule has 2 N–H and O–H groups in total. The minimum absolute atomic E-state index is 0.219. The molecule has 0 spiro atoms. The van der Waals surface area contributed by atoms with E-state index in [0.717, 1.165) is 11.1 Å². The van der Waals surface area contributed by atoms with E-state index in [-0.39, 0.29) is 16.8 Å². The van der Waals surface area contributed by atoms with Crippen molar-refractivity contribution in [2.75, 3.05) is 18.5 Å². The van der Waals surface area contributed by atoms with Gasteiger partial charge >= 0.3 is 0 Å². The average Bonchev–Trinajstić information content (AvgIpc) is 2.83. The summed E-state index contributed by atoms with van der Waals surface area (Å²) in [7, 11) is 1.54. The van der Waals surface area contributed by atoms with Crippen molar-refractivity contribution in [2.45, 2.75) is 12.8 Å². The number of nitrogens with one attached hydrogen (secondary N) is 2. The summed E-state index contributed by atoms with van der Waals surface area (Å²) in [6.07, 6.45) is 2.77. The monoisotopic (exact) mass is 475 g/mol. The number of nitrogens with zero attached hydrogens (tertiary/aromatic N) is 3. The Morgan fingerprint density at radius 2 is 2.03 bits per heavy atom. The van der Waals surface area contributed by atoms with Crippen LogP contribution in [0, 0.1) is 11.3 Å². The second-order valence-corrected chi connectivity index (χ2v) is 8.11. The van der Waals surface area contributed by atoms with Gasteiger partial charge in [-0.3, -0.25) is 14.6 Å². The Morgan fingerprint density at radius 3 is 2.79 bits per heavy atom. The summed E-state index contributed by atoms with van der Waals surface area (Å²) in [4.78, 5) is 32.1. The molecule has 0 fully saturated rings. The highest BCUT2D eigenvalue weighted by Gasteiger charge is 2.10. The van der Waals surface area contributed by atoms with Crippen LogP contribution in [0.1, 0.15) is 17.0 Å². The molecule has 1 aromatic carbocycles. The SMILES string of the molecule is Cn1c(C#N)ccc(NCCc2cc3cc(Cl)c(OCCc4ccccn4)cc3[nH]c2=O)c1=O. The molecule has 0 unspecified atom stereocenters. The molecule has 3 aromatic heterocycles. The molecular weight excluding hydrogens is 454 g/mol. The van der Waals surface area contributed by atoms with Gasteiger partial charge in [-0.1, -0.05) is 17.7 Å². The van der Waals surface area contributed by atoms with Gasteiger partial charge < -0.3 is 19.6 Å². The Kier molecular flexibility index (Phi) is 6.95. The lowest BCUT2D eigenvalue weighted by molar-refractivity contribution is 0.321. The van der Waals surface area contributed by atoms with Gasteiger partial charge in [-0.25, -0.2) is 0 Å². The van der Waals surface area contributed by atoms with Crippen molar-refractivity contribution in [3.05, 3.63) is 97.4 Å². The zero-order valence-corrected chi connectivity index (χ0v) is 19.2. The number of fused-ring (bicyclic) bond motifs is 1. The normalized spacial score (nSPS) is 10.7. The molecule has 172 valence electrons. The Morgan fingerprint density at radius 1 is 1.18 bits per heavy atom. The zero-order valence-electron chi connectivity index (χ0n) is 18.5. The first-order chi connectivity index (χ1) is 16.5. The largest absolute Gasteiger partial charge is 0.492 e. The van der Waals surface area contributed by atoms with E-state index in [4.69, 9.17) is 21.6 Å². The average molecular weight is 476 g/mol. The van der Waals surface area contributed by atoms with Crippen LogP contribution in [0.4, 0.5) is 5.69 Å². The highest BCUT2D eigenvalue weighted by atomic mass is 35.5. The predicted octanol–water partition coefficient (Wildman–Crippen LogP) is 3.42. The molecule has 0 aliphatic carbocycles. The van der Waals surface area contributed by atoms with E-state index in [0.29, 0.717) is 53.5 Å². The third-order valence-electron chi connectivity index (χ3n) is 5.44. The summed E-state index contributed by atoms with van der Waals surface area (Å²) in [6, 6.07) is 16.1. The maximum atomic E-state index is 12.6. The van der Waals surface area contributed by atoms with Crippen molar-refractivity contribution in [3.63, 3.8) is 0 Å². The van der Waals surface area contributed by atoms with E-state index < -0.39 is 0 Å². The topological polar surface area (TPSA) is 113 Å². The number of H-pyrrole nitrogens is 1. The first kappa shape index (κ1) is 23.1. The molecule has 0 atom stereocenters. The number of rotatable bonds is 8. The van der Waals surface area contributed by atoms with Crippen molar-refractivity contribution >= 4 is 28.2 Å². The summed E-state index contributed by atoms with van der Waals surface area (Å²) in [5.41, 5.74) is 2.24. The lowest BCUT2D eigenvalue weighted by Gasteiger charge is -2.11. The number of nitriles is 1. The summed E-state index contributed by atoms with van der Waals surface area (Å²) in [5.74, 6) is 0.492. The maximum Gasteiger partial charge on any atom is 0.274 e. The number of hydrogen-bond donors (Lipinski definition) is 2. The van der Waals surface area contributed by atoms with E-state index in [1.54, 1.807) is 43.6 Å². The van der Waals surface area contributed by atoms with Crippen molar-refractivity contribution in [1.82, 2.24) is 14.5 Å². The van der Waals surface area contributed by atoms with Gasteiger partial charge in [0.2, 0.25) is 0 Å². The lowest BCUT2D eigenvalue weighted by Crippen LogP contribution is -2.24. The quantitative estimate of drug-likeness (QED) is 0.403. The Balaban J connectivity index is 1.44. The van der Waals surface area contributed by atoms with E-state index in [2.05, 4.69) is 15.3 Å². The maximum absolute atomic E-state index is 12.6. The van der Waals surface area contributed by atoms with Crippen molar-refractivity contribution in [1.29, 1.82) is 5.26 Å². The number of pyridine rings is 3. The Hall–Kier alpha value is -4.09. The van der Waals surface area contributed by atoms with Crippen LogP contribution in [-0.2, 0) is 19.9 Å². The number of aromatic amines is 1. The zero-order chi connectivity index (χ0) is 24.1. The molecular formula is C25H22ClN5O3. The molecule has 0 amide bonds. The van der Waals surface area contributed by atoms with Gasteiger partial charge in [0.25, 0.3) is 11.1 Å². The van der Waals surface area contributed by atoms with Crippen molar-refractivity contribution in [3.8, 4) is 11.8 Å². The fourth-order valence-corrected chi connectivity index (χ4v) is 3.80. The molecule has 0 radical (unpaired) electrons. The van der Waals surface area contributed by atoms with Crippen LogP contribution in [-0.4, -0.2) is 27.7 Å². The van der Waals surface area contributed by atoms with Gasteiger partial charge in [-0.15, -0.1) is 0 Å². The fraction of sp³-hybridized carbons (Fsp3) is 0.200. The molecule has 0 aliphatic heterocycles. The van der Waals surface area contributed by atoms with Gasteiger partial charge in [0.05, 0.1) is 17.1 Å². The van der Waals surface area contributed by atoms with Crippen LogP contribution in [0.3, 0.4) is 0 Å². The molecule has 0 saturated carbocycles. The van der Waals surface area contributed by atoms with E-state index in [9.17, 15) is 9.59 Å². The van der Waals surface area contributed by atoms with Crippen molar-refractivity contribution in [2.24, 2.45) is 7.05 Å². The third-order valence-corrected chi connectivity index (χ3v) is 5.74. The molecule has 0 bridgehead atoms. The highest BCUT2D eigenvalue weighted by Crippen LogP contribution is 2.29. The number of benzene rings is 1. The summed E-state index contributed by atoms with van der Waals surface area (Å²) < 4.78 is 7.10. The lowest BCUT2D eigenvalue weighted by atomic mass is 10.1. The fourth-order valence-electron chi connectivity index (χ4n) is 3.57. The summed E-state index contributed by atoms with van der Waals surface area (Å²) in [6.45, 7) is 0.781. The molecule has 0 saturated heterocycles. The van der Waals surface area contributed by atoms with Gasteiger partial charge in [-0.2, -0.15) is 5.26 Å². The van der Waals surface area contributed by atoms with E-state index in [1.807, 2.05) is 24.3 Å². The number of halogens is 1. The molecule has 0 aliphatic rings. The Labute approximate surface area is 200 Å². The minimum atomic E-state index is -0.297. The summed E-state index contributed by atoms with van der Waals surface area (Å²) in [5, 5.41) is 13.3. The number of anilines is 1. The second kappa shape index (κ2) is 10.2. The first-order valence-electron chi connectivity index (χ1n) is 10.7. The van der Waals surface area contributed by atoms with E-state index >= 15 is 0 Å². The molecule has 4 rings (SSSR count). The van der Waals surface area contributed by atoms with Crippen LogP contribution >= 0.6 is 11.6 Å².